The zero-order valence-electron chi connectivity index (χ0n) is 15.0. The van der Waals surface area contributed by atoms with Crippen LogP contribution in [0.15, 0.2) is 28.1 Å². The molecule has 1 aromatic carbocycles. The van der Waals surface area contributed by atoms with E-state index in [0.717, 1.165) is 25.3 Å². The number of anilines is 1. The molecule has 6 nitrogen and oxygen atoms in total. The highest BCUT2D eigenvalue weighted by atomic mass is 79.9. The molecule has 1 amide bonds. The summed E-state index contributed by atoms with van der Waals surface area (Å²) in [6.07, 6.45) is 0.448. The van der Waals surface area contributed by atoms with Gasteiger partial charge in [0.05, 0.1) is 30.6 Å². The molecule has 0 spiro atoms. The molecule has 2 aromatic rings. The molecule has 1 aliphatic heterocycles. The van der Waals surface area contributed by atoms with Crippen LogP contribution in [0.4, 0.5) is 5.13 Å². The van der Waals surface area contributed by atoms with Gasteiger partial charge in [0.25, 0.3) is 5.91 Å². The molecule has 1 N–H and O–H groups in total. The Bertz CT molecular complexity index is 773. The van der Waals surface area contributed by atoms with Gasteiger partial charge in [-0.25, -0.2) is 4.98 Å². The number of morpholine rings is 1. The minimum atomic E-state index is -0.217. The number of rotatable bonds is 5. The number of carbonyl (C=O) groups is 1. The summed E-state index contributed by atoms with van der Waals surface area (Å²) in [5.41, 5.74) is 1.47. The van der Waals surface area contributed by atoms with Gasteiger partial charge in [0.2, 0.25) is 0 Å². The highest BCUT2D eigenvalue weighted by Gasteiger charge is 2.23. The van der Waals surface area contributed by atoms with Gasteiger partial charge in [0, 0.05) is 29.5 Å². The Morgan fingerprint density at radius 1 is 1.42 bits per heavy atom. The molecule has 1 aromatic heterocycles. The van der Waals surface area contributed by atoms with Crippen LogP contribution in [0.1, 0.15) is 29.9 Å². The first kappa shape index (κ1) is 19.3. The van der Waals surface area contributed by atoms with Crippen molar-refractivity contribution in [3.63, 3.8) is 0 Å². The number of hydrogen-bond donors (Lipinski definition) is 1. The van der Waals surface area contributed by atoms with E-state index in [0.29, 0.717) is 20.9 Å². The zero-order chi connectivity index (χ0) is 18.7. The number of methoxy groups -OCH3 is 1. The van der Waals surface area contributed by atoms with E-state index in [9.17, 15) is 4.79 Å². The highest BCUT2D eigenvalue weighted by Crippen LogP contribution is 2.25. The van der Waals surface area contributed by atoms with Gasteiger partial charge < -0.3 is 9.47 Å². The Hall–Kier alpha value is -1.48. The Kier molecular flexibility index (Phi) is 6.29. The molecule has 1 aliphatic rings. The fourth-order valence-corrected chi connectivity index (χ4v) is 4.17. The van der Waals surface area contributed by atoms with Crippen molar-refractivity contribution in [3.05, 3.63) is 39.3 Å². The average Bonchev–Trinajstić information content (AvgIpc) is 3.01. The largest absolute Gasteiger partial charge is 0.497 e. The fraction of sp³-hybridized carbons (Fsp3) is 0.444. The average molecular weight is 440 g/mol. The maximum absolute atomic E-state index is 12.5. The maximum atomic E-state index is 12.5. The van der Waals surface area contributed by atoms with Gasteiger partial charge in [-0.05, 0) is 48.0 Å². The minimum Gasteiger partial charge on any atom is -0.497 e. The van der Waals surface area contributed by atoms with Crippen LogP contribution in [0.3, 0.4) is 0 Å². The first-order valence-electron chi connectivity index (χ1n) is 8.41. The summed E-state index contributed by atoms with van der Waals surface area (Å²) in [4.78, 5) is 19.4. The molecule has 1 fully saturated rings. The lowest BCUT2D eigenvalue weighted by Gasteiger charge is -2.34. The zero-order valence-corrected chi connectivity index (χ0v) is 17.4. The first-order chi connectivity index (χ1) is 12.4. The second-order valence-corrected chi connectivity index (χ2v) is 8.11. The molecule has 3 rings (SSSR count). The van der Waals surface area contributed by atoms with Gasteiger partial charge in [-0.1, -0.05) is 0 Å². The van der Waals surface area contributed by atoms with Crippen LogP contribution in [0.5, 0.6) is 5.75 Å². The summed E-state index contributed by atoms with van der Waals surface area (Å²) in [7, 11) is 1.57. The fourth-order valence-electron chi connectivity index (χ4n) is 3.05. The second kappa shape index (κ2) is 8.47. The maximum Gasteiger partial charge on any atom is 0.258 e. The Morgan fingerprint density at radius 3 is 2.85 bits per heavy atom. The van der Waals surface area contributed by atoms with Crippen molar-refractivity contribution in [3.8, 4) is 5.75 Å². The summed E-state index contributed by atoms with van der Waals surface area (Å²) >= 11 is 4.83. The van der Waals surface area contributed by atoms with E-state index in [2.05, 4.69) is 45.0 Å². The van der Waals surface area contributed by atoms with Gasteiger partial charge in [-0.15, -0.1) is 11.3 Å². The van der Waals surface area contributed by atoms with E-state index >= 15 is 0 Å². The SMILES string of the molecule is COc1ccc(Br)c(C(=O)Nc2nc(CN3CC(C)OC(C)C3)cs2)c1. The second-order valence-electron chi connectivity index (χ2n) is 6.40. The number of ether oxygens (including phenoxy) is 2. The van der Waals surface area contributed by atoms with Crippen molar-refractivity contribution in [1.82, 2.24) is 9.88 Å². The van der Waals surface area contributed by atoms with Crippen molar-refractivity contribution >= 4 is 38.3 Å². The molecule has 140 valence electrons. The number of thiazole rings is 1. The van der Waals surface area contributed by atoms with E-state index in [1.807, 2.05) is 5.38 Å². The van der Waals surface area contributed by atoms with Gasteiger partial charge in [0.15, 0.2) is 5.13 Å². The number of aromatic nitrogens is 1. The normalized spacial score (nSPS) is 20.8. The quantitative estimate of drug-likeness (QED) is 0.767. The lowest BCUT2D eigenvalue weighted by atomic mass is 10.2. The van der Waals surface area contributed by atoms with Gasteiger partial charge in [-0.3, -0.25) is 15.0 Å². The number of benzene rings is 1. The summed E-state index contributed by atoms with van der Waals surface area (Å²) in [5, 5.41) is 5.44. The Balaban J connectivity index is 1.64. The van der Waals surface area contributed by atoms with E-state index in [1.165, 1.54) is 11.3 Å². The lowest BCUT2D eigenvalue weighted by molar-refractivity contribution is -0.0707. The van der Waals surface area contributed by atoms with E-state index < -0.39 is 0 Å². The van der Waals surface area contributed by atoms with Crippen LogP contribution in [-0.4, -0.2) is 48.2 Å². The lowest BCUT2D eigenvalue weighted by Crippen LogP contribution is -2.44. The van der Waals surface area contributed by atoms with E-state index in [-0.39, 0.29) is 18.1 Å². The van der Waals surface area contributed by atoms with E-state index in [4.69, 9.17) is 9.47 Å². The smallest absolute Gasteiger partial charge is 0.258 e. The van der Waals surface area contributed by atoms with Crippen LogP contribution in [0.2, 0.25) is 0 Å². The molecular formula is C18H22BrN3O3S. The molecule has 0 bridgehead atoms. The van der Waals surface area contributed by atoms with Crippen LogP contribution >= 0.6 is 27.3 Å². The predicted octanol–water partition coefficient (Wildman–Crippen LogP) is 3.78. The third-order valence-electron chi connectivity index (χ3n) is 4.07. The summed E-state index contributed by atoms with van der Waals surface area (Å²) in [5.74, 6) is 0.416. The molecule has 1 saturated heterocycles. The monoisotopic (exact) mass is 439 g/mol. The number of hydrogen-bond acceptors (Lipinski definition) is 6. The van der Waals surface area contributed by atoms with Gasteiger partial charge in [0.1, 0.15) is 5.75 Å². The summed E-state index contributed by atoms with van der Waals surface area (Å²) in [6, 6.07) is 5.29. The van der Waals surface area contributed by atoms with Crippen molar-refractivity contribution in [2.24, 2.45) is 0 Å². The molecule has 0 saturated carbocycles. The van der Waals surface area contributed by atoms with E-state index in [1.54, 1.807) is 25.3 Å². The predicted molar refractivity (Wildman–Crippen MR) is 106 cm³/mol. The third-order valence-corrected chi connectivity index (χ3v) is 5.57. The van der Waals surface area contributed by atoms with Crippen molar-refractivity contribution in [1.29, 1.82) is 0 Å². The highest BCUT2D eigenvalue weighted by molar-refractivity contribution is 9.10. The summed E-state index contributed by atoms with van der Waals surface area (Å²) < 4.78 is 11.7. The number of amides is 1. The van der Waals surface area contributed by atoms with Crippen LogP contribution in [0.25, 0.3) is 0 Å². The number of nitrogens with zero attached hydrogens (tertiary/aromatic N) is 2. The van der Waals surface area contributed by atoms with Crippen molar-refractivity contribution < 1.29 is 14.3 Å². The molecular weight excluding hydrogens is 418 g/mol. The standard InChI is InChI=1S/C18H22BrN3O3S/c1-11-7-22(8-12(2)25-11)9-13-10-26-18(20-13)21-17(23)15-6-14(24-3)4-5-16(15)19/h4-6,10-12H,7-9H2,1-3H3,(H,20,21,23). The number of halogens is 1. The third kappa shape index (κ3) is 4.82. The Morgan fingerprint density at radius 2 is 2.15 bits per heavy atom. The number of nitrogens with one attached hydrogen (secondary N) is 1. The molecule has 26 heavy (non-hydrogen) atoms. The molecule has 2 unspecified atom stereocenters. The van der Waals surface area contributed by atoms with Gasteiger partial charge in [-0.2, -0.15) is 0 Å². The molecule has 2 atom stereocenters. The first-order valence-corrected chi connectivity index (χ1v) is 10.1. The van der Waals surface area contributed by atoms with Crippen LogP contribution < -0.4 is 10.1 Å². The van der Waals surface area contributed by atoms with Crippen molar-refractivity contribution in [2.75, 3.05) is 25.5 Å². The molecule has 0 aliphatic carbocycles. The molecule has 2 heterocycles. The summed E-state index contributed by atoms with van der Waals surface area (Å²) in [6.45, 7) is 6.70. The number of carbonyl (C=O) groups excluding carboxylic acids is 1. The van der Waals surface area contributed by atoms with Crippen LogP contribution in [0, 0.1) is 0 Å². The van der Waals surface area contributed by atoms with Crippen LogP contribution in [-0.2, 0) is 11.3 Å². The van der Waals surface area contributed by atoms with Crippen molar-refractivity contribution in [2.45, 2.75) is 32.6 Å². The molecule has 8 heteroatoms. The van der Waals surface area contributed by atoms with Gasteiger partial charge >= 0.3 is 0 Å². The Labute approximate surface area is 165 Å². The topological polar surface area (TPSA) is 63.7 Å². The molecule has 0 radical (unpaired) electrons. The minimum absolute atomic E-state index is 0.217.